The first-order chi connectivity index (χ1) is 5.22. The number of allylic oxidation sites excluding steroid dienone is 4. The standard InChI is InChI=1S/C10H16O/c1-5-7-8-10(9(3)4)11-6-2/h5,7-8H,3,6H2,1-2,4H3/b7-5-,10-8+. The van der Waals surface area contributed by atoms with Crippen LogP contribution in [0.3, 0.4) is 0 Å². The minimum atomic E-state index is 0.691. The zero-order valence-corrected chi connectivity index (χ0v) is 7.55. The minimum absolute atomic E-state index is 0.691. The van der Waals surface area contributed by atoms with E-state index in [0.29, 0.717) is 6.61 Å². The smallest absolute Gasteiger partial charge is 0.121 e. The first-order valence-electron chi connectivity index (χ1n) is 3.84. The van der Waals surface area contributed by atoms with Gasteiger partial charge >= 0.3 is 0 Å². The Labute approximate surface area is 69.1 Å². The van der Waals surface area contributed by atoms with Crippen LogP contribution in [0.25, 0.3) is 0 Å². The van der Waals surface area contributed by atoms with Crippen LogP contribution in [0.2, 0.25) is 0 Å². The second-order valence-electron chi connectivity index (χ2n) is 2.27. The van der Waals surface area contributed by atoms with Gasteiger partial charge in [0.25, 0.3) is 0 Å². The van der Waals surface area contributed by atoms with Crippen LogP contribution in [0.4, 0.5) is 0 Å². The van der Waals surface area contributed by atoms with Gasteiger partial charge in [-0.15, -0.1) is 0 Å². The molecule has 1 heteroatoms. The van der Waals surface area contributed by atoms with Crippen molar-refractivity contribution in [3.63, 3.8) is 0 Å². The average molecular weight is 152 g/mol. The van der Waals surface area contributed by atoms with Gasteiger partial charge in [0.1, 0.15) is 5.76 Å². The maximum absolute atomic E-state index is 5.32. The second-order valence-corrected chi connectivity index (χ2v) is 2.27. The van der Waals surface area contributed by atoms with E-state index >= 15 is 0 Å². The van der Waals surface area contributed by atoms with Crippen LogP contribution in [-0.2, 0) is 4.74 Å². The maximum atomic E-state index is 5.32. The molecule has 11 heavy (non-hydrogen) atoms. The van der Waals surface area contributed by atoms with Gasteiger partial charge in [0, 0.05) is 0 Å². The Morgan fingerprint density at radius 3 is 2.55 bits per heavy atom. The number of hydrogen-bond acceptors (Lipinski definition) is 1. The van der Waals surface area contributed by atoms with Crippen molar-refractivity contribution in [2.75, 3.05) is 6.61 Å². The molecule has 0 fully saturated rings. The predicted octanol–water partition coefficient (Wildman–Crippen LogP) is 3.06. The van der Waals surface area contributed by atoms with Crippen molar-refractivity contribution in [3.05, 3.63) is 36.1 Å². The largest absolute Gasteiger partial charge is 0.494 e. The lowest BCUT2D eigenvalue weighted by Crippen LogP contribution is -1.91. The fourth-order valence-electron chi connectivity index (χ4n) is 0.653. The lowest BCUT2D eigenvalue weighted by atomic mass is 10.2. The monoisotopic (exact) mass is 152 g/mol. The molecule has 0 aliphatic heterocycles. The Morgan fingerprint density at radius 1 is 1.55 bits per heavy atom. The van der Waals surface area contributed by atoms with Gasteiger partial charge in [-0.25, -0.2) is 0 Å². The van der Waals surface area contributed by atoms with Gasteiger partial charge in [-0.2, -0.15) is 0 Å². The fraction of sp³-hybridized carbons (Fsp3) is 0.400. The topological polar surface area (TPSA) is 9.23 Å². The molecule has 1 nitrogen and oxygen atoms in total. The molecule has 0 N–H and O–H groups in total. The SMILES string of the molecule is C=C(C)/C(=C\C=C/C)OCC. The minimum Gasteiger partial charge on any atom is -0.494 e. The molecule has 0 spiro atoms. The van der Waals surface area contributed by atoms with Crippen LogP contribution in [0, 0.1) is 0 Å². The first kappa shape index (κ1) is 10.0. The van der Waals surface area contributed by atoms with Crippen molar-refractivity contribution in [1.82, 2.24) is 0 Å². The van der Waals surface area contributed by atoms with E-state index in [9.17, 15) is 0 Å². The molecule has 0 aromatic carbocycles. The molecule has 0 aromatic heterocycles. The molecule has 0 amide bonds. The zero-order valence-electron chi connectivity index (χ0n) is 7.55. The molecule has 62 valence electrons. The van der Waals surface area contributed by atoms with E-state index in [2.05, 4.69) is 6.58 Å². The van der Waals surface area contributed by atoms with Gasteiger partial charge in [0.2, 0.25) is 0 Å². The number of hydrogen-bond donors (Lipinski definition) is 0. The van der Waals surface area contributed by atoms with Gasteiger partial charge in [-0.1, -0.05) is 18.7 Å². The molecule has 0 heterocycles. The summed E-state index contributed by atoms with van der Waals surface area (Å²) in [6.07, 6.45) is 5.83. The van der Waals surface area contributed by atoms with E-state index < -0.39 is 0 Å². The summed E-state index contributed by atoms with van der Waals surface area (Å²) in [5, 5.41) is 0. The lowest BCUT2D eigenvalue weighted by Gasteiger charge is -2.05. The van der Waals surface area contributed by atoms with Gasteiger partial charge < -0.3 is 4.74 Å². The summed E-state index contributed by atoms with van der Waals surface area (Å²) in [7, 11) is 0. The Bertz CT molecular complexity index is 175. The summed E-state index contributed by atoms with van der Waals surface area (Å²) in [5.41, 5.74) is 0.963. The summed E-state index contributed by atoms with van der Waals surface area (Å²) < 4.78 is 5.32. The molecular weight excluding hydrogens is 136 g/mol. The number of rotatable bonds is 4. The summed E-state index contributed by atoms with van der Waals surface area (Å²) in [5.74, 6) is 0.866. The predicted molar refractivity (Wildman–Crippen MR) is 49.3 cm³/mol. The lowest BCUT2D eigenvalue weighted by molar-refractivity contribution is 0.238. The molecule has 0 atom stereocenters. The highest BCUT2D eigenvalue weighted by molar-refractivity contribution is 5.24. The van der Waals surface area contributed by atoms with Crippen LogP contribution in [-0.4, -0.2) is 6.61 Å². The molecule has 0 unspecified atom stereocenters. The summed E-state index contributed by atoms with van der Waals surface area (Å²) >= 11 is 0. The van der Waals surface area contributed by atoms with Crippen molar-refractivity contribution < 1.29 is 4.74 Å². The van der Waals surface area contributed by atoms with Gasteiger partial charge in [-0.05, 0) is 32.4 Å². The van der Waals surface area contributed by atoms with Crippen LogP contribution in [0.15, 0.2) is 36.1 Å². The van der Waals surface area contributed by atoms with Gasteiger partial charge in [-0.3, -0.25) is 0 Å². The summed E-state index contributed by atoms with van der Waals surface area (Å²) in [6.45, 7) is 10.4. The fourth-order valence-corrected chi connectivity index (χ4v) is 0.653. The number of ether oxygens (including phenoxy) is 1. The van der Waals surface area contributed by atoms with Crippen molar-refractivity contribution in [3.8, 4) is 0 Å². The maximum Gasteiger partial charge on any atom is 0.121 e. The van der Waals surface area contributed by atoms with Crippen LogP contribution in [0.5, 0.6) is 0 Å². The highest BCUT2D eigenvalue weighted by atomic mass is 16.5. The summed E-state index contributed by atoms with van der Waals surface area (Å²) in [6, 6.07) is 0. The first-order valence-corrected chi connectivity index (χ1v) is 3.84. The van der Waals surface area contributed by atoms with Crippen LogP contribution < -0.4 is 0 Å². The second kappa shape index (κ2) is 5.78. The molecule has 0 aliphatic carbocycles. The van der Waals surface area contributed by atoms with Crippen molar-refractivity contribution in [1.29, 1.82) is 0 Å². The van der Waals surface area contributed by atoms with Crippen molar-refractivity contribution in [2.45, 2.75) is 20.8 Å². The van der Waals surface area contributed by atoms with Crippen molar-refractivity contribution in [2.24, 2.45) is 0 Å². The third kappa shape index (κ3) is 4.43. The van der Waals surface area contributed by atoms with Gasteiger partial charge in [0.05, 0.1) is 6.61 Å². The van der Waals surface area contributed by atoms with E-state index in [0.717, 1.165) is 11.3 Å². The highest BCUT2D eigenvalue weighted by Crippen LogP contribution is 2.07. The summed E-state index contributed by atoms with van der Waals surface area (Å²) in [4.78, 5) is 0. The molecule has 0 rings (SSSR count). The quantitative estimate of drug-likeness (QED) is 0.444. The molecule has 0 radical (unpaired) electrons. The highest BCUT2D eigenvalue weighted by Gasteiger charge is 1.93. The van der Waals surface area contributed by atoms with Crippen LogP contribution >= 0.6 is 0 Å². The molecular formula is C10H16O. The molecule has 0 saturated heterocycles. The van der Waals surface area contributed by atoms with E-state index in [4.69, 9.17) is 4.74 Å². The van der Waals surface area contributed by atoms with Crippen molar-refractivity contribution >= 4 is 0 Å². The Kier molecular flexibility index (Phi) is 5.26. The molecule has 0 aromatic rings. The van der Waals surface area contributed by atoms with E-state index in [-0.39, 0.29) is 0 Å². The van der Waals surface area contributed by atoms with Gasteiger partial charge in [0.15, 0.2) is 0 Å². The Balaban J connectivity index is 4.20. The molecule has 0 aliphatic rings. The normalized spacial score (nSPS) is 12.1. The van der Waals surface area contributed by atoms with E-state index in [1.807, 2.05) is 39.0 Å². The van der Waals surface area contributed by atoms with E-state index in [1.54, 1.807) is 0 Å². The zero-order chi connectivity index (χ0) is 8.69. The third-order valence-electron chi connectivity index (χ3n) is 1.16. The third-order valence-corrected chi connectivity index (χ3v) is 1.16. The van der Waals surface area contributed by atoms with Crippen LogP contribution in [0.1, 0.15) is 20.8 Å². The molecule has 0 bridgehead atoms. The molecule has 0 saturated carbocycles. The Hall–Kier alpha value is -0.980. The average Bonchev–Trinajstić information content (AvgIpc) is 1.97. The van der Waals surface area contributed by atoms with E-state index in [1.165, 1.54) is 0 Å². The Morgan fingerprint density at radius 2 is 2.18 bits per heavy atom.